The molecule has 4 aromatic rings. The van der Waals surface area contributed by atoms with Gasteiger partial charge in [-0.15, -0.1) is 0 Å². The molecular weight excluding hydrogens is 610 g/mol. The molecular formula is C33H42ClN7O3S. The molecule has 45 heavy (non-hydrogen) atoms. The monoisotopic (exact) mass is 651 g/mol. The minimum atomic E-state index is -3.53. The standard InChI is InChI=1S/C33H42ClN7O3S/c1-5-44-31-20-30(40-13-11-24(12-14-40)39-17-15-38(4)16-18-39)23(3)19-28(31)36-33-35-21-27(34)32(37-33)26-22-41(45(42,43)6-2)29-10-8-7-9-25(26)29/h7-10,19-22,24H,5-6,11-18H2,1-4H3,(H,35,36,37). The first-order valence-electron chi connectivity index (χ1n) is 15.8. The Kier molecular flexibility index (Phi) is 9.24. The lowest BCUT2D eigenvalue weighted by atomic mass is 10.0. The average Bonchev–Trinajstić information content (AvgIpc) is 3.44. The number of aryl methyl sites for hydroxylation is 1. The Bertz CT molecular complexity index is 1780. The number of fused-ring (bicyclic) bond motifs is 1. The van der Waals surface area contributed by atoms with Crippen LogP contribution in [0, 0.1) is 6.92 Å². The van der Waals surface area contributed by atoms with E-state index in [0.29, 0.717) is 40.4 Å². The topological polar surface area (TPSA) is 95.8 Å². The van der Waals surface area contributed by atoms with Gasteiger partial charge in [-0.1, -0.05) is 29.8 Å². The summed E-state index contributed by atoms with van der Waals surface area (Å²) >= 11 is 6.62. The third-order valence-corrected chi connectivity index (χ3v) is 11.0. The zero-order chi connectivity index (χ0) is 31.7. The highest BCUT2D eigenvalue weighted by Crippen LogP contribution is 2.38. The van der Waals surface area contributed by atoms with Crippen molar-refractivity contribution in [3.63, 3.8) is 0 Å². The number of para-hydroxylation sites is 1. The Morgan fingerprint density at radius 1 is 1.04 bits per heavy atom. The van der Waals surface area contributed by atoms with Gasteiger partial charge in [0.25, 0.3) is 0 Å². The van der Waals surface area contributed by atoms with E-state index in [-0.39, 0.29) is 5.75 Å². The van der Waals surface area contributed by atoms with Crippen molar-refractivity contribution in [2.24, 2.45) is 0 Å². The van der Waals surface area contributed by atoms with Crippen molar-refractivity contribution in [3.8, 4) is 17.0 Å². The molecule has 2 aliphatic rings. The molecule has 12 heteroatoms. The lowest BCUT2D eigenvalue weighted by Crippen LogP contribution is -2.52. The summed E-state index contributed by atoms with van der Waals surface area (Å²) < 4.78 is 33.2. The van der Waals surface area contributed by atoms with Gasteiger partial charge in [0.2, 0.25) is 16.0 Å². The van der Waals surface area contributed by atoms with E-state index in [1.54, 1.807) is 25.4 Å². The minimum Gasteiger partial charge on any atom is -0.492 e. The summed E-state index contributed by atoms with van der Waals surface area (Å²) in [7, 11) is -1.33. The van der Waals surface area contributed by atoms with Crippen molar-refractivity contribution in [3.05, 3.63) is 59.4 Å². The quantitative estimate of drug-likeness (QED) is 0.248. The molecule has 0 saturated carbocycles. The fourth-order valence-electron chi connectivity index (χ4n) is 6.49. The van der Waals surface area contributed by atoms with Crippen molar-refractivity contribution < 1.29 is 13.2 Å². The molecule has 1 N–H and O–H groups in total. The fourth-order valence-corrected chi connectivity index (χ4v) is 7.69. The van der Waals surface area contributed by atoms with Gasteiger partial charge in [0.05, 0.1) is 40.5 Å². The van der Waals surface area contributed by atoms with Crippen LogP contribution in [0.2, 0.25) is 5.02 Å². The fraction of sp³-hybridized carbons (Fsp3) is 0.455. The van der Waals surface area contributed by atoms with Crippen LogP contribution in [0.15, 0.2) is 48.8 Å². The first-order valence-corrected chi connectivity index (χ1v) is 17.8. The number of nitrogens with one attached hydrogen (secondary N) is 1. The lowest BCUT2D eigenvalue weighted by molar-refractivity contribution is 0.0982. The van der Waals surface area contributed by atoms with E-state index in [4.69, 9.17) is 21.3 Å². The molecule has 0 amide bonds. The summed E-state index contributed by atoms with van der Waals surface area (Å²) in [6, 6.07) is 12.2. The van der Waals surface area contributed by atoms with Crippen molar-refractivity contribution in [1.29, 1.82) is 0 Å². The molecule has 0 unspecified atom stereocenters. The number of piperazine rings is 1. The molecule has 0 atom stereocenters. The van der Waals surface area contributed by atoms with Gasteiger partial charge in [0, 0.05) is 74.2 Å². The summed E-state index contributed by atoms with van der Waals surface area (Å²) in [5, 5.41) is 4.43. The summed E-state index contributed by atoms with van der Waals surface area (Å²) in [5.41, 5.74) is 4.73. The van der Waals surface area contributed by atoms with Crippen LogP contribution in [0.1, 0.15) is 32.3 Å². The number of anilines is 3. The van der Waals surface area contributed by atoms with Gasteiger partial charge in [-0.3, -0.25) is 4.90 Å². The van der Waals surface area contributed by atoms with Gasteiger partial charge in [-0.05, 0) is 58.4 Å². The summed E-state index contributed by atoms with van der Waals surface area (Å²) in [4.78, 5) is 16.8. The van der Waals surface area contributed by atoms with Crippen LogP contribution in [0.5, 0.6) is 5.75 Å². The molecule has 2 aromatic heterocycles. The Morgan fingerprint density at radius 2 is 1.78 bits per heavy atom. The Hall–Kier alpha value is -3.38. The van der Waals surface area contributed by atoms with E-state index in [0.717, 1.165) is 74.5 Å². The van der Waals surface area contributed by atoms with E-state index in [1.165, 1.54) is 9.66 Å². The molecule has 240 valence electrons. The number of hydrogen-bond donors (Lipinski definition) is 1. The highest BCUT2D eigenvalue weighted by molar-refractivity contribution is 7.90. The maximum Gasteiger partial charge on any atom is 0.238 e. The number of ether oxygens (including phenoxy) is 1. The number of benzene rings is 2. The van der Waals surface area contributed by atoms with Gasteiger partial charge >= 0.3 is 0 Å². The van der Waals surface area contributed by atoms with Crippen molar-refractivity contribution >= 4 is 49.9 Å². The van der Waals surface area contributed by atoms with E-state index in [2.05, 4.69) is 51.1 Å². The third-order valence-electron chi connectivity index (χ3n) is 9.05. The molecule has 0 bridgehead atoms. The molecule has 2 saturated heterocycles. The smallest absolute Gasteiger partial charge is 0.238 e. The number of hydrogen-bond acceptors (Lipinski definition) is 9. The SMILES string of the molecule is CCOc1cc(N2CCC(N3CCN(C)CC3)CC2)c(C)cc1Nc1ncc(Cl)c(-c2cn(S(=O)(=O)CC)c3ccccc23)n1. The Balaban J connectivity index is 1.26. The predicted molar refractivity (Wildman–Crippen MR) is 183 cm³/mol. The molecule has 2 aliphatic heterocycles. The van der Waals surface area contributed by atoms with Gasteiger partial charge in [0.1, 0.15) is 5.75 Å². The van der Waals surface area contributed by atoms with Crippen LogP contribution in [0.3, 0.4) is 0 Å². The van der Waals surface area contributed by atoms with Gasteiger partial charge in [-0.25, -0.2) is 22.4 Å². The normalized spacial score (nSPS) is 17.2. The second-order valence-corrected chi connectivity index (χ2v) is 14.4. The minimum absolute atomic E-state index is 0.0285. The lowest BCUT2D eigenvalue weighted by Gasteiger charge is -2.43. The van der Waals surface area contributed by atoms with E-state index in [9.17, 15) is 8.42 Å². The van der Waals surface area contributed by atoms with Crippen LogP contribution in [0.25, 0.3) is 22.2 Å². The summed E-state index contributed by atoms with van der Waals surface area (Å²) in [5.74, 6) is 1.04. The Morgan fingerprint density at radius 3 is 2.49 bits per heavy atom. The third kappa shape index (κ3) is 6.49. The highest BCUT2D eigenvalue weighted by atomic mass is 35.5. The zero-order valence-electron chi connectivity index (χ0n) is 26.5. The average molecular weight is 652 g/mol. The largest absolute Gasteiger partial charge is 0.492 e. The van der Waals surface area contributed by atoms with Crippen LogP contribution < -0.4 is 15.0 Å². The molecule has 2 aromatic carbocycles. The zero-order valence-corrected chi connectivity index (χ0v) is 28.0. The van der Waals surface area contributed by atoms with Gasteiger partial charge < -0.3 is 19.9 Å². The Labute approximate surface area is 271 Å². The van der Waals surface area contributed by atoms with Crippen LogP contribution in [-0.4, -0.2) is 96.9 Å². The number of likely N-dealkylation sites (N-methyl/N-ethyl adjacent to an activating group) is 1. The van der Waals surface area contributed by atoms with Crippen molar-refractivity contribution in [1.82, 2.24) is 23.7 Å². The number of aromatic nitrogens is 3. The number of nitrogens with zero attached hydrogens (tertiary/aromatic N) is 6. The molecule has 0 radical (unpaired) electrons. The predicted octanol–water partition coefficient (Wildman–Crippen LogP) is 5.62. The van der Waals surface area contributed by atoms with Gasteiger partial charge in [-0.2, -0.15) is 0 Å². The second-order valence-electron chi connectivity index (χ2n) is 11.9. The van der Waals surface area contributed by atoms with Crippen LogP contribution >= 0.6 is 11.6 Å². The molecule has 6 rings (SSSR count). The number of rotatable bonds is 9. The highest BCUT2D eigenvalue weighted by Gasteiger charge is 2.28. The molecule has 2 fully saturated rings. The number of halogens is 1. The summed E-state index contributed by atoms with van der Waals surface area (Å²) in [6.07, 6.45) is 5.45. The molecule has 4 heterocycles. The first kappa shape index (κ1) is 31.6. The molecule has 10 nitrogen and oxygen atoms in total. The van der Waals surface area contributed by atoms with Gasteiger partial charge in [0.15, 0.2) is 0 Å². The molecule has 0 aliphatic carbocycles. The van der Waals surface area contributed by atoms with Crippen LogP contribution in [0.4, 0.5) is 17.3 Å². The maximum absolute atomic E-state index is 12.9. The van der Waals surface area contributed by atoms with E-state index >= 15 is 0 Å². The van der Waals surface area contributed by atoms with E-state index in [1.807, 2.05) is 25.1 Å². The second kappa shape index (κ2) is 13.2. The van der Waals surface area contributed by atoms with E-state index < -0.39 is 10.0 Å². The first-order chi connectivity index (χ1) is 21.7. The number of piperidine rings is 1. The van der Waals surface area contributed by atoms with Crippen LogP contribution in [-0.2, 0) is 10.0 Å². The molecule has 0 spiro atoms. The van der Waals surface area contributed by atoms with Crippen molar-refractivity contribution in [2.75, 3.05) is 68.9 Å². The maximum atomic E-state index is 12.9. The summed E-state index contributed by atoms with van der Waals surface area (Å²) in [6.45, 7) is 12.9. The van der Waals surface area contributed by atoms with Crippen molar-refractivity contribution in [2.45, 2.75) is 39.7 Å².